The first-order valence-electron chi connectivity index (χ1n) is 5.17. The summed E-state index contributed by atoms with van der Waals surface area (Å²) in [6.45, 7) is 0. The first-order chi connectivity index (χ1) is 9.90. The van der Waals surface area contributed by atoms with Crippen molar-refractivity contribution in [2.75, 3.05) is 5.32 Å². The summed E-state index contributed by atoms with van der Waals surface area (Å²) in [6.07, 6.45) is 2.03. The minimum Gasteiger partial charge on any atom is -0.305 e. The molecule has 0 unspecified atom stereocenters. The van der Waals surface area contributed by atoms with E-state index in [1.807, 2.05) is 0 Å². The topological polar surface area (TPSA) is 111 Å². The van der Waals surface area contributed by atoms with Crippen molar-refractivity contribution in [2.24, 2.45) is 0 Å². The Labute approximate surface area is 132 Å². The van der Waals surface area contributed by atoms with Gasteiger partial charge in [-0.3, -0.25) is 14.9 Å². The Balaban J connectivity index is 2.34. The summed E-state index contributed by atoms with van der Waals surface area (Å²) in [5.74, 6) is -0.822. The monoisotopic (exact) mass is 347 g/mol. The Hall–Kier alpha value is -2.03. The molecule has 0 aliphatic carbocycles. The van der Waals surface area contributed by atoms with Crippen molar-refractivity contribution in [1.82, 2.24) is 15.0 Å². The van der Waals surface area contributed by atoms with Crippen LogP contribution in [0.1, 0.15) is 10.4 Å². The highest BCUT2D eigenvalue weighted by atomic mass is 35.5. The van der Waals surface area contributed by atoms with Crippen molar-refractivity contribution in [3.8, 4) is 0 Å². The summed E-state index contributed by atoms with van der Waals surface area (Å²) < 4.78 is 0. The standard InChI is InChI=1S/C10H4Cl3N5O3/c11-6-8(13)15-3-16-9(6)17-10(19)5-1-4(18(20)21)2-14-7(5)12/h1-3H,(H,15,16,17,19). The molecular weight excluding hydrogens is 345 g/mol. The van der Waals surface area contributed by atoms with Crippen molar-refractivity contribution in [3.63, 3.8) is 0 Å². The van der Waals surface area contributed by atoms with Gasteiger partial charge in [0.25, 0.3) is 11.6 Å². The second-order valence-electron chi connectivity index (χ2n) is 3.57. The van der Waals surface area contributed by atoms with Crippen LogP contribution >= 0.6 is 34.8 Å². The number of hydrogen-bond acceptors (Lipinski definition) is 6. The summed E-state index contributed by atoms with van der Waals surface area (Å²) in [7, 11) is 0. The fraction of sp³-hybridized carbons (Fsp3) is 0. The normalized spacial score (nSPS) is 10.2. The Morgan fingerprint density at radius 1 is 1.19 bits per heavy atom. The van der Waals surface area contributed by atoms with Gasteiger partial charge in [0.15, 0.2) is 11.0 Å². The second-order valence-corrected chi connectivity index (χ2v) is 4.66. The molecule has 21 heavy (non-hydrogen) atoms. The van der Waals surface area contributed by atoms with Crippen LogP contribution in [0.5, 0.6) is 0 Å². The van der Waals surface area contributed by atoms with Crippen molar-refractivity contribution in [2.45, 2.75) is 0 Å². The average Bonchev–Trinajstić information content (AvgIpc) is 2.44. The third-order valence-corrected chi connectivity index (χ3v) is 3.30. The van der Waals surface area contributed by atoms with Gasteiger partial charge in [-0.2, -0.15) is 0 Å². The minimum atomic E-state index is -0.770. The van der Waals surface area contributed by atoms with Gasteiger partial charge >= 0.3 is 0 Å². The number of pyridine rings is 1. The smallest absolute Gasteiger partial charge is 0.288 e. The molecule has 0 aliphatic heterocycles. The van der Waals surface area contributed by atoms with Gasteiger partial charge in [0, 0.05) is 6.07 Å². The van der Waals surface area contributed by atoms with E-state index in [9.17, 15) is 14.9 Å². The Bertz CT molecular complexity index is 740. The molecule has 2 rings (SSSR count). The molecule has 0 aliphatic rings. The number of nitrogens with zero attached hydrogens (tertiary/aromatic N) is 4. The van der Waals surface area contributed by atoms with Gasteiger partial charge in [-0.1, -0.05) is 34.8 Å². The van der Waals surface area contributed by atoms with E-state index >= 15 is 0 Å². The lowest BCUT2D eigenvalue weighted by Crippen LogP contribution is -2.15. The third kappa shape index (κ3) is 3.35. The average molecular weight is 349 g/mol. The van der Waals surface area contributed by atoms with Crippen LogP contribution in [0.4, 0.5) is 11.5 Å². The molecule has 2 aromatic rings. The first-order valence-corrected chi connectivity index (χ1v) is 6.31. The van der Waals surface area contributed by atoms with E-state index in [0.717, 1.165) is 18.6 Å². The van der Waals surface area contributed by atoms with Crippen molar-refractivity contribution in [3.05, 3.63) is 49.6 Å². The highest BCUT2D eigenvalue weighted by Crippen LogP contribution is 2.26. The molecule has 108 valence electrons. The number of nitro groups is 1. The lowest BCUT2D eigenvalue weighted by atomic mass is 10.2. The number of nitrogens with one attached hydrogen (secondary N) is 1. The van der Waals surface area contributed by atoms with Crippen LogP contribution in [-0.4, -0.2) is 25.8 Å². The zero-order valence-electron chi connectivity index (χ0n) is 9.88. The molecule has 1 N–H and O–H groups in total. The lowest BCUT2D eigenvalue weighted by Gasteiger charge is -2.07. The molecule has 0 spiro atoms. The number of amides is 1. The fourth-order valence-electron chi connectivity index (χ4n) is 1.31. The maximum atomic E-state index is 12.1. The van der Waals surface area contributed by atoms with Crippen LogP contribution in [0.25, 0.3) is 0 Å². The maximum absolute atomic E-state index is 12.1. The van der Waals surface area contributed by atoms with Crippen molar-refractivity contribution in [1.29, 1.82) is 0 Å². The molecular formula is C10H4Cl3N5O3. The van der Waals surface area contributed by atoms with Gasteiger partial charge in [0.2, 0.25) is 0 Å². The summed E-state index contributed by atoms with van der Waals surface area (Å²) in [6, 6.07) is 0.987. The molecule has 0 fully saturated rings. The second kappa shape index (κ2) is 6.17. The fourth-order valence-corrected chi connectivity index (χ4v) is 1.77. The zero-order chi connectivity index (χ0) is 15.6. The SMILES string of the molecule is O=C(Nc1ncnc(Cl)c1Cl)c1cc([N+](=O)[O-])cnc1Cl. The summed E-state index contributed by atoms with van der Waals surface area (Å²) in [4.78, 5) is 33.0. The van der Waals surface area contributed by atoms with Crippen LogP contribution < -0.4 is 5.32 Å². The number of rotatable bonds is 3. The van der Waals surface area contributed by atoms with Crippen LogP contribution in [0, 0.1) is 10.1 Å². The summed E-state index contributed by atoms with van der Waals surface area (Å²) in [5, 5.41) is 12.7. The molecule has 11 heteroatoms. The van der Waals surface area contributed by atoms with Gasteiger partial charge in [0.05, 0.1) is 10.5 Å². The molecule has 0 radical (unpaired) electrons. The molecule has 0 atom stereocenters. The highest BCUT2D eigenvalue weighted by Gasteiger charge is 2.19. The van der Waals surface area contributed by atoms with Gasteiger partial charge in [-0.05, 0) is 0 Å². The Kier molecular flexibility index (Phi) is 4.51. The minimum absolute atomic E-state index is 0.0507. The lowest BCUT2D eigenvalue weighted by molar-refractivity contribution is -0.385. The van der Waals surface area contributed by atoms with Crippen LogP contribution in [0.3, 0.4) is 0 Å². The number of aromatic nitrogens is 3. The van der Waals surface area contributed by atoms with E-state index in [0.29, 0.717) is 0 Å². The molecule has 8 nitrogen and oxygen atoms in total. The first kappa shape index (κ1) is 15.4. The molecule has 2 aromatic heterocycles. The molecule has 0 aromatic carbocycles. The number of hydrogen-bond donors (Lipinski definition) is 1. The molecule has 2 heterocycles. The highest BCUT2D eigenvalue weighted by molar-refractivity contribution is 6.43. The van der Waals surface area contributed by atoms with E-state index in [2.05, 4.69) is 20.3 Å². The van der Waals surface area contributed by atoms with Gasteiger partial charge < -0.3 is 5.32 Å². The quantitative estimate of drug-likeness (QED) is 0.395. The number of anilines is 1. The van der Waals surface area contributed by atoms with E-state index in [1.165, 1.54) is 0 Å². The van der Waals surface area contributed by atoms with Crippen molar-refractivity contribution < 1.29 is 9.72 Å². The largest absolute Gasteiger partial charge is 0.305 e. The van der Waals surface area contributed by atoms with Crippen LogP contribution in [0.15, 0.2) is 18.6 Å². The number of carbonyl (C=O) groups is 1. The number of carbonyl (C=O) groups excluding carboxylic acids is 1. The van der Waals surface area contributed by atoms with Gasteiger partial charge in [0.1, 0.15) is 22.7 Å². The van der Waals surface area contributed by atoms with Crippen LogP contribution in [0.2, 0.25) is 15.3 Å². The van der Waals surface area contributed by atoms with Crippen molar-refractivity contribution >= 4 is 52.2 Å². The van der Waals surface area contributed by atoms with E-state index < -0.39 is 10.8 Å². The van der Waals surface area contributed by atoms with Gasteiger partial charge in [-0.25, -0.2) is 15.0 Å². The molecule has 0 saturated heterocycles. The maximum Gasteiger partial charge on any atom is 0.288 e. The number of halogens is 3. The molecule has 0 bridgehead atoms. The zero-order valence-corrected chi connectivity index (χ0v) is 12.1. The van der Waals surface area contributed by atoms with E-state index in [-0.39, 0.29) is 32.4 Å². The van der Waals surface area contributed by atoms with Gasteiger partial charge in [-0.15, -0.1) is 0 Å². The predicted molar refractivity (Wildman–Crippen MR) is 75.9 cm³/mol. The van der Waals surface area contributed by atoms with Crippen LogP contribution in [-0.2, 0) is 0 Å². The molecule has 1 amide bonds. The summed E-state index contributed by atoms with van der Waals surface area (Å²) in [5.41, 5.74) is -0.576. The van der Waals surface area contributed by atoms with E-state index in [1.54, 1.807) is 0 Å². The summed E-state index contributed by atoms with van der Waals surface area (Å²) >= 11 is 17.2. The predicted octanol–water partition coefficient (Wildman–Crippen LogP) is 2.99. The third-order valence-electron chi connectivity index (χ3n) is 2.26. The van der Waals surface area contributed by atoms with E-state index in [4.69, 9.17) is 34.8 Å². The molecule has 0 saturated carbocycles. The Morgan fingerprint density at radius 2 is 1.90 bits per heavy atom. The Morgan fingerprint density at radius 3 is 2.57 bits per heavy atom.